The summed E-state index contributed by atoms with van der Waals surface area (Å²) in [6.07, 6.45) is 2.22. The van der Waals surface area contributed by atoms with Gasteiger partial charge in [-0.25, -0.2) is 8.42 Å². The van der Waals surface area contributed by atoms with Gasteiger partial charge in [-0.2, -0.15) is 4.31 Å². The van der Waals surface area contributed by atoms with Crippen LogP contribution in [0.15, 0.2) is 17.0 Å². The lowest BCUT2D eigenvalue weighted by atomic mass is 10.1. The highest BCUT2D eigenvalue weighted by molar-refractivity contribution is 7.89. The molecule has 0 aliphatic carbocycles. The summed E-state index contributed by atoms with van der Waals surface area (Å²) in [5.74, 6) is -1.17. The van der Waals surface area contributed by atoms with Crippen molar-refractivity contribution in [3.63, 3.8) is 0 Å². The van der Waals surface area contributed by atoms with E-state index in [0.717, 1.165) is 5.56 Å². The minimum absolute atomic E-state index is 0.0613. The van der Waals surface area contributed by atoms with Crippen LogP contribution in [-0.2, 0) is 19.6 Å². The maximum Gasteiger partial charge on any atom is 0.303 e. The Labute approximate surface area is 160 Å². The molecule has 1 heterocycles. The monoisotopic (exact) mass is 396 g/mol. The van der Waals surface area contributed by atoms with E-state index in [4.69, 9.17) is 5.11 Å². The maximum absolute atomic E-state index is 13.2. The highest BCUT2D eigenvalue weighted by Crippen LogP contribution is 2.30. The molecule has 0 bridgehead atoms. The van der Waals surface area contributed by atoms with Crippen molar-refractivity contribution in [3.8, 4) is 0 Å². The van der Waals surface area contributed by atoms with Gasteiger partial charge in [-0.3, -0.25) is 9.59 Å². The minimum atomic E-state index is -3.76. The summed E-state index contributed by atoms with van der Waals surface area (Å²) < 4.78 is 27.8. The molecule has 8 heteroatoms. The Morgan fingerprint density at radius 2 is 1.81 bits per heavy atom. The number of aliphatic carboxylic acids is 1. The third-order valence-electron chi connectivity index (χ3n) is 4.79. The first kappa shape index (κ1) is 21.4. The molecule has 1 aromatic rings. The molecule has 1 aliphatic rings. The number of aryl methyl sites for hydroxylation is 3. The second-order valence-electron chi connectivity index (χ2n) is 7.14. The Hall–Kier alpha value is -1.93. The Bertz CT molecular complexity index is 796. The summed E-state index contributed by atoms with van der Waals surface area (Å²) >= 11 is 0. The number of rotatable bonds is 8. The van der Waals surface area contributed by atoms with Gasteiger partial charge in [-0.05, 0) is 57.6 Å². The van der Waals surface area contributed by atoms with Crippen LogP contribution in [0.2, 0.25) is 0 Å². The van der Waals surface area contributed by atoms with E-state index in [9.17, 15) is 18.0 Å². The summed E-state index contributed by atoms with van der Waals surface area (Å²) in [7, 11) is -3.76. The van der Waals surface area contributed by atoms with E-state index < -0.39 is 22.0 Å². The second-order valence-corrected chi connectivity index (χ2v) is 8.97. The molecule has 0 spiro atoms. The lowest BCUT2D eigenvalue weighted by molar-refractivity contribution is -0.137. The van der Waals surface area contributed by atoms with Gasteiger partial charge in [0.15, 0.2) is 0 Å². The van der Waals surface area contributed by atoms with Crippen LogP contribution in [0.3, 0.4) is 0 Å². The topological polar surface area (TPSA) is 104 Å². The van der Waals surface area contributed by atoms with E-state index in [1.54, 1.807) is 13.8 Å². The molecular formula is C19H28N2O5S. The van der Waals surface area contributed by atoms with Crippen molar-refractivity contribution in [1.82, 2.24) is 9.62 Å². The molecule has 150 valence electrons. The predicted octanol–water partition coefficient (Wildman–Crippen LogP) is 2.14. The van der Waals surface area contributed by atoms with E-state index in [1.807, 2.05) is 19.1 Å². The summed E-state index contributed by atoms with van der Waals surface area (Å²) in [6, 6.07) is 2.97. The fraction of sp³-hybridized carbons (Fsp3) is 0.579. The van der Waals surface area contributed by atoms with E-state index in [1.165, 1.54) is 4.31 Å². The molecule has 1 amide bonds. The van der Waals surface area contributed by atoms with Crippen LogP contribution in [0.4, 0.5) is 0 Å². The van der Waals surface area contributed by atoms with Gasteiger partial charge in [-0.1, -0.05) is 17.7 Å². The van der Waals surface area contributed by atoms with Crippen LogP contribution in [0.5, 0.6) is 0 Å². The van der Waals surface area contributed by atoms with Crippen LogP contribution in [0, 0.1) is 20.8 Å². The average molecular weight is 397 g/mol. The smallest absolute Gasteiger partial charge is 0.303 e. The van der Waals surface area contributed by atoms with Crippen LogP contribution in [-0.4, -0.2) is 48.8 Å². The number of carbonyl (C=O) groups excluding carboxylic acids is 1. The van der Waals surface area contributed by atoms with Gasteiger partial charge in [0.2, 0.25) is 15.9 Å². The molecule has 2 N–H and O–H groups in total. The van der Waals surface area contributed by atoms with Crippen LogP contribution in [0.1, 0.15) is 48.8 Å². The van der Waals surface area contributed by atoms with Crippen LogP contribution >= 0.6 is 0 Å². The minimum Gasteiger partial charge on any atom is -0.481 e. The summed E-state index contributed by atoms with van der Waals surface area (Å²) in [4.78, 5) is 23.3. The zero-order valence-electron chi connectivity index (χ0n) is 16.1. The Morgan fingerprint density at radius 1 is 1.19 bits per heavy atom. The van der Waals surface area contributed by atoms with Gasteiger partial charge in [0.1, 0.15) is 6.04 Å². The number of carboxylic acids is 1. The molecular weight excluding hydrogens is 368 g/mol. The van der Waals surface area contributed by atoms with Crippen molar-refractivity contribution < 1.29 is 23.1 Å². The number of sulfonamides is 1. The number of hydrogen-bond donors (Lipinski definition) is 2. The zero-order chi connectivity index (χ0) is 20.2. The van der Waals surface area contributed by atoms with Crippen molar-refractivity contribution in [3.05, 3.63) is 28.8 Å². The zero-order valence-corrected chi connectivity index (χ0v) is 16.9. The van der Waals surface area contributed by atoms with Crippen molar-refractivity contribution in [2.45, 2.75) is 63.8 Å². The molecule has 1 aliphatic heterocycles. The average Bonchev–Trinajstić information content (AvgIpc) is 3.03. The predicted molar refractivity (Wildman–Crippen MR) is 102 cm³/mol. The molecule has 2 rings (SSSR count). The third kappa shape index (κ3) is 5.07. The molecule has 1 atom stereocenters. The van der Waals surface area contributed by atoms with Gasteiger partial charge in [0.25, 0.3) is 0 Å². The number of carbonyl (C=O) groups is 2. The molecule has 1 aromatic carbocycles. The van der Waals surface area contributed by atoms with E-state index in [-0.39, 0.29) is 17.2 Å². The highest BCUT2D eigenvalue weighted by Gasteiger charge is 2.40. The van der Waals surface area contributed by atoms with E-state index in [2.05, 4.69) is 5.32 Å². The van der Waals surface area contributed by atoms with Gasteiger partial charge in [0.05, 0.1) is 4.90 Å². The van der Waals surface area contributed by atoms with Crippen molar-refractivity contribution in [2.75, 3.05) is 13.1 Å². The fourth-order valence-corrected chi connectivity index (χ4v) is 5.78. The molecule has 1 unspecified atom stereocenters. The number of amides is 1. The number of nitrogens with zero attached hydrogens (tertiary/aromatic N) is 1. The summed E-state index contributed by atoms with van der Waals surface area (Å²) in [5.41, 5.74) is 2.38. The molecule has 1 fully saturated rings. The number of hydrogen-bond acceptors (Lipinski definition) is 4. The van der Waals surface area contributed by atoms with Crippen molar-refractivity contribution >= 4 is 21.9 Å². The molecule has 27 heavy (non-hydrogen) atoms. The molecule has 7 nitrogen and oxygen atoms in total. The van der Waals surface area contributed by atoms with Gasteiger partial charge in [-0.15, -0.1) is 0 Å². The fourth-order valence-electron chi connectivity index (χ4n) is 3.71. The lowest BCUT2D eigenvalue weighted by Crippen LogP contribution is -2.46. The quantitative estimate of drug-likeness (QED) is 0.655. The highest BCUT2D eigenvalue weighted by atomic mass is 32.2. The molecule has 0 aromatic heterocycles. The number of benzene rings is 1. The lowest BCUT2D eigenvalue weighted by Gasteiger charge is -2.25. The van der Waals surface area contributed by atoms with E-state index >= 15 is 0 Å². The first-order chi connectivity index (χ1) is 12.6. The second kappa shape index (κ2) is 8.84. The van der Waals surface area contributed by atoms with Gasteiger partial charge >= 0.3 is 5.97 Å². The normalized spacial score (nSPS) is 17.8. The molecule has 1 saturated heterocycles. The SMILES string of the molecule is Cc1cc(C)c(S(=O)(=O)N2CCCC2C(=O)NCCCCC(=O)O)c(C)c1. The van der Waals surface area contributed by atoms with Crippen LogP contribution in [0.25, 0.3) is 0 Å². The van der Waals surface area contributed by atoms with Crippen molar-refractivity contribution in [2.24, 2.45) is 0 Å². The first-order valence-electron chi connectivity index (χ1n) is 9.24. The largest absolute Gasteiger partial charge is 0.481 e. The number of carboxylic acid groups (broad SMARTS) is 1. The number of nitrogens with one attached hydrogen (secondary N) is 1. The van der Waals surface area contributed by atoms with E-state index in [0.29, 0.717) is 49.9 Å². The Kier molecular flexibility index (Phi) is 7.00. The van der Waals surface area contributed by atoms with Gasteiger partial charge in [0, 0.05) is 19.5 Å². The Balaban J connectivity index is 2.11. The first-order valence-corrected chi connectivity index (χ1v) is 10.7. The Morgan fingerprint density at radius 3 is 2.41 bits per heavy atom. The number of unbranched alkanes of at least 4 members (excludes halogenated alkanes) is 1. The third-order valence-corrected chi connectivity index (χ3v) is 7.01. The van der Waals surface area contributed by atoms with Gasteiger partial charge < -0.3 is 10.4 Å². The van der Waals surface area contributed by atoms with Crippen molar-refractivity contribution in [1.29, 1.82) is 0 Å². The summed E-state index contributed by atoms with van der Waals surface area (Å²) in [6.45, 7) is 6.15. The summed E-state index contributed by atoms with van der Waals surface area (Å²) in [5, 5.41) is 11.4. The molecule has 0 saturated carbocycles. The van der Waals surface area contributed by atoms with Crippen LogP contribution < -0.4 is 5.32 Å². The maximum atomic E-state index is 13.2. The molecule has 0 radical (unpaired) electrons. The standard InChI is InChI=1S/C19H28N2O5S/c1-13-11-14(2)18(15(3)12-13)27(25,26)21-10-6-7-16(21)19(24)20-9-5-4-8-17(22)23/h11-12,16H,4-10H2,1-3H3,(H,20,24)(H,22,23).